The van der Waals surface area contributed by atoms with E-state index in [0.29, 0.717) is 30.3 Å². The number of aromatic nitrogens is 4. The lowest BCUT2D eigenvalue weighted by atomic mass is 10.1. The number of carbonyl (C=O) groups is 1. The predicted octanol–water partition coefficient (Wildman–Crippen LogP) is 2.74. The quantitative estimate of drug-likeness (QED) is 0.657. The fourth-order valence-corrected chi connectivity index (χ4v) is 2.77. The lowest BCUT2D eigenvalue weighted by molar-refractivity contribution is 0.0954. The highest BCUT2D eigenvalue weighted by Gasteiger charge is 2.10. The van der Waals surface area contributed by atoms with Gasteiger partial charge in [0, 0.05) is 24.3 Å². The van der Waals surface area contributed by atoms with Crippen LogP contribution in [-0.4, -0.2) is 39.0 Å². The van der Waals surface area contributed by atoms with Gasteiger partial charge in [-0.05, 0) is 57.0 Å². The van der Waals surface area contributed by atoms with Gasteiger partial charge in [0.15, 0.2) is 5.82 Å². The molecule has 140 valence electrons. The van der Waals surface area contributed by atoms with E-state index in [0.717, 1.165) is 22.5 Å². The van der Waals surface area contributed by atoms with Crippen molar-refractivity contribution >= 4 is 11.7 Å². The average molecular weight is 364 g/mol. The molecule has 0 saturated carbocycles. The summed E-state index contributed by atoms with van der Waals surface area (Å²) in [6.45, 7) is 9.02. The number of rotatable bonds is 6. The zero-order chi connectivity index (χ0) is 19.4. The van der Waals surface area contributed by atoms with E-state index in [1.165, 1.54) is 0 Å². The highest BCUT2D eigenvalue weighted by atomic mass is 16.1. The fraction of sp³-hybridized carbons (Fsp3) is 0.300. The number of carbonyl (C=O) groups excluding carboxylic acids is 1. The van der Waals surface area contributed by atoms with E-state index in [2.05, 4.69) is 25.9 Å². The van der Waals surface area contributed by atoms with Crippen molar-refractivity contribution in [2.24, 2.45) is 0 Å². The molecule has 0 radical (unpaired) electrons. The molecule has 0 aliphatic heterocycles. The highest BCUT2D eigenvalue weighted by molar-refractivity contribution is 5.95. The summed E-state index contributed by atoms with van der Waals surface area (Å²) in [4.78, 5) is 12.2. The van der Waals surface area contributed by atoms with E-state index >= 15 is 0 Å². The molecule has 27 heavy (non-hydrogen) atoms. The summed E-state index contributed by atoms with van der Waals surface area (Å²) in [6.07, 6.45) is 0. The van der Waals surface area contributed by atoms with Crippen LogP contribution in [0.5, 0.6) is 0 Å². The maximum absolute atomic E-state index is 12.2. The molecule has 0 bridgehead atoms. The van der Waals surface area contributed by atoms with E-state index in [9.17, 15) is 4.79 Å². The summed E-state index contributed by atoms with van der Waals surface area (Å²) in [5.41, 5.74) is 4.86. The first-order valence-electron chi connectivity index (χ1n) is 8.92. The van der Waals surface area contributed by atoms with Crippen LogP contribution in [0.15, 0.2) is 36.4 Å². The Morgan fingerprint density at radius 2 is 1.78 bits per heavy atom. The van der Waals surface area contributed by atoms with Crippen LogP contribution in [0.3, 0.4) is 0 Å². The van der Waals surface area contributed by atoms with Gasteiger partial charge in [0.2, 0.25) is 0 Å². The van der Waals surface area contributed by atoms with E-state index in [1.807, 2.05) is 64.1 Å². The Balaban J connectivity index is 1.53. The van der Waals surface area contributed by atoms with E-state index < -0.39 is 0 Å². The Bertz CT molecular complexity index is 946. The van der Waals surface area contributed by atoms with Gasteiger partial charge in [-0.2, -0.15) is 5.10 Å². The van der Waals surface area contributed by atoms with Gasteiger partial charge in [0.1, 0.15) is 5.82 Å². The molecule has 3 rings (SSSR count). The summed E-state index contributed by atoms with van der Waals surface area (Å²) in [6, 6.07) is 11.3. The van der Waals surface area contributed by atoms with E-state index in [4.69, 9.17) is 0 Å². The maximum atomic E-state index is 12.2. The Hall–Kier alpha value is -3.22. The molecule has 2 aromatic heterocycles. The smallest absolute Gasteiger partial charge is 0.251 e. The van der Waals surface area contributed by atoms with Crippen LogP contribution in [0.1, 0.15) is 32.9 Å². The third kappa shape index (κ3) is 4.13. The molecule has 0 unspecified atom stereocenters. The second kappa shape index (κ2) is 7.99. The number of anilines is 1. The van der Waals surface area contributed by atoms with Crippen LogP contribution < -0.4 is 10.6 Å². The molecular weight excluding hydrogens is 340 g/mol. The molecule has 1 amide bonds. The van der Waals surface area contributed by atoms with E-state index in [-0.39, 0.29) is 5.91 Å². The van der Waals surface area contributed by atoms with Gasteiger partial charge < -0.3 is 10.6 Å². The van der Waals surface area contributed by atoms with Gasteiger partial charge >= 0.3 is 0 Å². The molecule has 0 aliphatic carbocycles. The van der Waals surface area contributed by atoms with Gasteiger partial charge in [0.05, 0.1) is 5.69 Å². The Morgan fingerprint density at radius 3 is 2.41 bits per heavy atom. The van der Waals surface area contributed by atoms with Crippen molar-refractivity contribution in [3.8, 4) is 5.82 Å². The number of nitrogens with zero attached hydrogens (tertiary/aromatic N) is 4. The summed E-state index contributed by atoms with van der Waals surface area (Å²) in [7, 11) is 0. The number of aryl methyl sites for hydroxylation is 2. The first-order valence-corrected chi connectivity index (χ1v) is 8.92. The zero-order valence-electron chi connectivity index (χ0n) is 16.1. The minimum atomic E-state index is -0.0729. The number of hydrogen-bond acceptors (Lipinski definition) is 5. The van der Waals surface area contributed by atoms with Gasteiger partial charge in [0.25, 0.3) is 5.91 Å². The molecule has 0 saturated heterocycles. The summed E-state index contributed by atoms with van der Waals surface area (Å²) < 4.78 is 1.80. The first-order chi connectivity index (χ1) is 13.0. The van der Waals surface area contributed by atoms with Crippen LogP contribution in [0.2, 0.25) is 0 Å². The molecule has 7 heteroatoms. The van der Waals surface area contributed by atoms with Crippen LogP contribution in [0.4, 0.5) is 5.82 Å². The Labute approximate surface area is 158 Å². The number of amides is 1. The molecule has 3 aromatic rings. The van der Waals surface area contributed by atoms with Gasteiger partial charge in [-0.3, -0.25) is 4.79 Å². The van der Waals surface area contributed by atoms with Crippen molar-refractivity contribution < 1.29 is 4.79 Å². The zero-order valence-corrected chi connectivity index (χ0v) is 16.1. The standard InChI is InChI=1S/C20H24N6O/c1-13-7-5-6-8-17(13)20(27)22-12-11-21-18-9-10-19(24-23-18)26-16(4)14(2)15(3)25-26/h5-10H,11-12H2,1-4H3,(H,21,23)(H,22,27). The molecule has 1 aromatic carbocycles. The molecular formula is C20H24N6O. The third-order valence-corrected chi connectivity index (χ3v) is 4.63. The van der Waals surface area contributed by atoms with Crippen molar-refractivity contribution in [1.82, 2.24) is 25.3 Å². The minimum Gasteiger partial charge on any atom is -0.367 e. The summed E-state index contributed by atoms with van der Waals surface area (Å²) in [5, 5.41) is 19.0. The molecule has 0 aliphatic rings. The predicted molar refractivity (Wildman–Crippen MR) is 105 cm³/mol. The third-order valence-electron chi connectivity index (χ3n) is 4.63. The van der Waals surface area contributed by atoms with Crippen molar-refractivity contribution in [2.75, 3.05) is 18.4 Å². The molecule has 2 N–H and O–H groups in total. The molecule has 2 heterocycles. The molecule has 7 nitrogen and oxygen atoms in total. The van der Waals surface area contributed by atoms with Crippen molar-refractivity contribution in [3.63, 3.8) is 0 Å². The Kier molecular flexibility index (Phi) is 5.49. The van der Waals surface area contributed by atoms with Crippen LogP contribution in [0.25, 0.3) is 5.82 Å². The second-order valence-electron chi connectivity index (χ2n) is 6.48. The van der Waals surface area contributed by atoms with Gasteiger partial charge in [-0.1, -0.05) is 18.2 Å². The lowest BCUT2D eigenvalue weighted by Gasteiger charge is -2.09. The Morgan fingerprint density at radius 1 is 1.00 bits per heavy atom. The number of hydrogen-bond donors (Lipinski definition) is 2. The van der Waals surface area contributed by atoms with Crippen LogP contribution in [0, 0.1) is 27.7 Å². The first kappa shape index (κ1) is 18.6. The molecule has 0 fully saturated rings. The van der Waals surface area contributed by atoms with Crippen molar-refractivity contribution in [1.29, 1.82) is 0 Å². The summed E-state index contributed by atoms with van der Waals surface area (Å²) in [5.74, 6) is 1.26. The monoisotopic (exact) mass is 364 g/mol. The lowest BCUT2D eigenvalue weighted by Crippen LogP contribution is -2.29. The van der Waals surface area contributed by atoms with Crippen LogP contribution in [-0.2, 0) is 0 Å². The SMILES string of the molecule is Cc1ccccc1C(=O)NCCNc1ccc(-n2nc(C)c(C)c2C)nn1. The van der Waals surface area contributed by atoms with Gasteiger partial charge in [-0.25, -0.2) is 4.68 Å². The average Bonchev–Trinajstić information content (AvgIpc) is 2.93. The summed E-state index contributed by atoms with van der Waals surface area (Å²) >= 11 is 0. The molecule has 0 spiro atoms. The van der Waals surface area contributed by atoms with Crippen LogP contribution >= 0.6 is 0 Å². The normalized spacial score (nSPS) is 10.7. The number of nitrogens with one attached hydrogen (secondary N) is 2. The van der Waals surface area contributed by atoms with Gasteiger partial charge in [-0.15, -0.1) is 10.2 Å². The largest absolute Gasteiger partial charge is 0.367 e. The van der Waals surface area contributed by atoms with Crippen molar-refractivity contribution in [3.05, 3.63) is 64.5 Å². The maximum Gasteiger partial charge on any atom is 0.251 e. The highest BCUT2D eigenvalue weighted by Crippen LogP contribution is 2.15. The fourth-order valence-electron chi connectivity index (χ4n) is 2.77. The second-order valence-corrected chi connectivity index (χ2v) is 6.48. The minimum absolute atomic E-state index is 0.0729. The molecule has 0 atom stereocenters. The topological polar surface area (TPSA) is 84.7 Å². The van der Waals surface area contributed by atoms with E-state index in [1.54, 1.807) is 4.68 Å². The van der Waals surface area contributed by atoms with Crippen molar-refractivity contribution in [2.45, 2.75) is 27.7 Å². The number of benzene rings is 1.